The van der Waals surface area contributed by atoms with Gasteiger partial charge in [-0.3, -0.25) is 14.4 Å². The van der Waals surface area contributed by atoms with Crippen LogP contribution in [0.4, 0.5) is 5.69 Å². The van der Waals surface area contributed by atoms with Crippen molar-refractivity contribution in [1.82, 2.24) is 10.2 Å². The average molecular weight is 674 g/mol. The van der Waals surface area contributed by atoms with Gasteiger partial charge in [0, 0.05) is 38.5 Å². The molecule has 1 unspecified atom stereocenters. The van der Waals surface area contributed by atoms with Gasteiger partial charge in [-0.05, 0) is 90.3 Å². The number of anilines is 1. The Morgan fingerprint density at radius 2 is 1.49 bits per heavy atom. The van der Waals surface area contributed by atoms with Crippen molar-refractivity contribution in [2.24, 2.45) is 0 Å². The molecule has 11 nitrogen and oxygen atoms in total. The van der Waals surface area contributed by atoms with E-state index in [-0.39, 0.29) is 23.3 Å². The number of carbonyl (C=O) groups excluding carboxylic acids is 2. The first kappa shape index (κ1) is 35.4. The van der Waals surface area contributed by atoms with Gasteiger partial charge in [-0.1, -0.05) is 12.5 Å². The summed E-state index contributed by atoms with van der Waals surface area (Å²) in [6.07, 6.45) is 4.88. The molecule has 2 amide bonds. The lowest BCUT2D eigenvalue weighted by atomic mass is 9.95. The number of nitrogens with one attached hydrogen (secondary N) is 2. The van der Waals surface area contributed by atoms with Crippen LogP contribution in [0.5, 0.6) is 28.7 Å². The first-order valence-electron chi connectivity index (χ1n) is 16.8. The molecule has 1 heterocycles. The minimum Gasteiger partial charge on any atom is -0.493 e. The van der Waals surface area contributed by atoms with Gasteiger partial charge in [-0.15, -0.1) is 0 Å². The van der Waals surface area contributed by atoms with E-state index in [9.17, 15) is 14.4 Å². The topological polar surface area (TPSA) is 125 Å². The number of hydrogen-bond acceptors (Lipinski definition) is 9. The molecule has 2 N–H and O–H groups in total. The molecule has 1 aliphatic carbocycles. The van der Waals surface area contributed by atoms with E-state index in [1.54, 1.807) is 47.7 Å². The van der Waals surface area contributed by atoms with Crippen LogP contribution >= 0.6 is 0 Å². The van der Waals surface area contributed by atoms with Crippen LogP contribution < -0.4 is 39.7 Å². The molecule has 3 aromatic carbocycles. The van der Waals surface area contributed by atoms with Gasteiger partial charge in [0.25, 0.3) is 0 Å². The zero-order valence-corrected chi connectivity index (χ0v) is 29.3. The van der Waals surface area contributed by atoms with Crippen molar-refractivity contribution in [1.29, 1.82) is 0 Å². The van der Waals surface area contributed by atoms with E-state index in [1.165, 1.54) is 12.5 Å². The second-order valence-corrected chi connectivity index (χ2v) is 12.4. The van der Waals surface area contributed by atoms with Crippen molar-refractivity contribution in [2.75, 3.05) is 54.0 Å². The molecule has 5 rings (SSSR count). The van der Waals surface area contributed by atoms with Crippen LogP contribution in [0, 0.1) is 0 Å². The normalized spacial score (nSPS) is 14.7. The molecular formula is C38H47N3O8. The fourth-order valence-electron chi connectivity index (χ4n) is 6.91. The number of fused-ring (bicyclic) bond motifs is 4. The number of hydrogen-bond donors (Lipinski definition) is 2. The van der Waals surface area contributed by atoms with Gasteiger partial charge < -0.3 is 39.2 Å². The smallest absolute Gasteiger partial charge is 0.222 e. The summed E-state index contributed by atoms with van der Waals surface area (Å²) >= 11 is 0. The summed E-state index contributed by atoms with van der Waals surface area (Å²) in [5.74, 6) is 2.87. The Hall–Kier alpha value is -4.93. The van der Waals surface area contributed by atoms with Gasteiger partial charge >= 0.3 is 0 Å². The van der Waals surface area contributed by atoms with E-state index in [4.69, 9.17) is 23.7 Å². The molecule has 0 radical (unpaired) electrons. The van der Waals surface area contributed by atoms with Crippen LogP contribution in [-0.2, 0) is 29.0 Å². The third-order valence-corrected chi connectivity index (χ3v) is 9.37. The summed E-state index contributed by atoms with van der Waals surface area (Å²) in [6.45, 7) is 3.31. The largest absolute Gasteiger partial charge is 0.493 e. The minimum atomic E-state index is -0.370. The van der Waals surface area contributed by atoms with Crippen molar-refractivity contribution < 1.29 is 33.3 Å². The lowest BCUT2D eigenvalue weighted by molar-refractivity contribution is -0.132. The number of carbonyl (C=O) groups is 2. The van der Waals surface area contributed by atoms with Gasteiger partial charge in [0.05, 0.1) is 47.3 Å². The first-order chi connectivity index (χ1) is 23.7. The zero-order valence-electron chi connectivity index (χ0n) is 29.3. The molecule has 0 fully saturated rings. The van der Waals surface area contributed by atoms with E-state index >= 15 is 0 Å². The van der Waals surface area contributed by atoms with Gasteiger partial charge in [-0.25, -0.2) is 0 Å². The van der Waals surface area contributed by atoms with Crippen molar-refractivity contribution in [2.45, 2.75) is 64.5 Å². The molecule has 0 bridgehead atoms. The fourth-order valence-corrected chi connectivity index (χ4v) is 6.91. The summed E-state index contributed by atoms with van der Waals surface area (Å²) in [7, 11) is 7.97. The summed E-state index contributed by atoms with van der Waals surface area (Å²) in [5, 5.41) is 6.35. The van der Waals surface area contributed by atoms with Crippen LogP contribution in [-0.4, -0.2) is 65.4 Å². The fraction of sp³-hybridized carbons (Fsp3) is 0.447. The van der Waals surface area contributed by atoms with Gasteiger partial charge in [-0.2, -0.15) is 0 Å². The molecule has 11 heteroatoms. The lowest BCUT2D eigenvalue weighted by Gasteiger charge is -2.29. The number of amides is 2. The van der Waals surface area contributed by atoms with Crippen molar-refractivity contribution in [3.63, 3.8) is 0 Å². The number of nitrogens with zero attached hydrogens (tertiary/aromatic N) is 1. The lowest BCUT2D eigenvalue weighted by Crippen LogP contribution is -2.35. The average Bonchev–Trinajstić information content (AvgIpc) is 3.35. The Labute approximate surface area is 287 Å². The quantitative estimate of drug-likeness (QED) is 0.228. The molecule has 0 saturated carbocycles. The van der Waals surface area contributed by atoms with E-state index in [0.717, 1.165) is 47.9 Å². The Morgan fingerprint density at radius 1 is 0.796 bits per heavy atom. The summed E-state index contributed by atoms with van der Waals surface area (Å²) in [6, 6.07) is 10.9. The standard InChI is InChI=1S/C38H47N3O8/c1-23(42)40-29-13-11-25-19-34(47-4)37(48-5)38(49-6)36(25)27-12-14-30(31(43)21-28(27)29)39-16-9-7-8-10-35(44)41-17-15-24-18-32(45-2)33(46-3)20-26(24)22-41/h12,14,18-21,29H,7-11,13,15-17,22H2,1-6H3,(H,39,43)(H,40,42). The van der Waals surface area contributed by atoms with Crippen molar-refractivity contribution >= 4 is 17.5 Å². The molecule has 3 aromatic rings. The number of aryl methyl sites for hydroxylation is 1. The van der Waals surface area contributed by atoms with Crippen molar-refractivity contribution in [3.8, 4) is 39.9 Å². The summed E-state index contributed by atoms with van der Waals surface area (Å²) in [5.41, 5.74) is 5.85. The molecule has 1 aliphatic heterocycles. The molecular weight excluding hydrogens is 626 g/mol. The van der Waals surface area contributed by atoms with Crippen LogP contribution in [0.3, 0.4) is 0 Å². The maximum absolute atomic E-state index is 13.6. The first-order valence-corrected chi connectivity index (χ1v) is 16.8. The zero-order chi connectivity index (χ0) is 35.1. The maximum atomic E-state index is 13.6. The Kier molecular flexibility index (Phi) is 11.5. The van der Waals surface area contributed by atoms with Gasteiger partial charge in [0.15, 0.2) is 23.0 Å². The molecule has 262 valence electrons. The summed E-state index contributed by atoms with van der Waals surface area (Å²) < 4.78 is 28.0. The summed E-state index contributed by atoms with van der Waals surface area (Å²) in [4.78, 5) is 40.7. The molecule has 0 spiro atoms. The SMILES string of the molecule is COc1cc2c(cc1OC)CN(C(=O)CCCCCNc1ccc3c(cc1=O)C(NC(C)=O)CCc1cc(OC)c(OC)c(OC)c1-3)CC2. The van der Waals surface area contributed by atoms with E-state index in [0.29, 0.717) is 78.9 Å². The highest BCUT2D eigenvalue weighted by Crippen LogP contribution is 2.50. The molecule has 49 heavy (non-hydrogen) atoms. The number of rotatable bonds is 13. The second kappa shape index (κ2) is 16.0. The number of unbranched alkanes of at least 4 members (excludes halogenated alkanes) is 2. The molecule has 0 saturated heterocycles. The third kappa shape index (κ3) is 7.71. The Balaban J connectivity index is 1.25. The Morgan fingerprint density at radius 3 is 2.16 bits per heavy atom. The van der Waals surface area contributed by atoms with Crippen LogP contribution in [0.25, 0.3) is 11.1 Å². The van der Waals surface area contributed by atoms with Crippen LogP contribution in [0.1, 0.15) is 67.3 Å². The van der Waals surface area contributed by atoms with E-state index in [2.05, 4.69) is 10.6 Å². The molecule has 1 atom stereocenters. The van der Waals surface area contributed by atoms with Gasteiger partial charge in [0.2, 0.25) is 23.0 Å². The van der Waals surface area contributed by atoms with E-state index < -0.39 is 0 Å². The highest BCUT2D eigenvalue weighted by molar-refractivity contribution is 5.84. The highest BCUT2D eigenvalue weighted by Gasteiger charge is 2.29. The number of methoxy groups -OCH3 is 5. The monoisotopic (exact) mass is 673 g/mol. The highest BCUT2D eigenvalue weighted by atomic mass is 16.5. The van der Waals surface area contributed by atoms with Crippen molar-refractivity contribution in [3.05, 3.63) is 68.9 Å². The van der Waals surface area contributed by atoms with Crippen LogP contribution in [0.2, 0.25) is 0 Å². The minimum absolute atomic E-state index is 0.144. The predicted octanol–water partition coefficient (Wildman–Crippen LogP) is 5.44. The number of ether oxygens (including phenoxy) is 5. The van der Waals surface area contributed by atoms with Crippen LogP contribution in [0.15, 0.2) is 41.2 Å². The molecule has 2 aliphatic rings. The second-order valence-electron chi connectivity index (χ2n) is 12.4. The predicted molar refractivity (Wildman–Crippen MR) is 188 cm³/mol. The maximum Gasteiger partial charge on any atom is 0.222 e. The van der Waals surface area contributed by atoms with E-state index in [1.807, 2.05) is 29.2 Å². The third-order valence-electron chi connectivity index (χ3n) is 9.37. The Bertz CT molecular complexity index is 1760. The van der Waals surface area contributed by atoms with Gasteiger partial charge in [0.1, 0.15) is 0 Å². The molecule has 0 aromatic heterocycles. The number of benzene rings is 2.